The number of halogens is 2. The fraction of sp³-hybridized carbons (Fsp3) is 0.227. The SMILES string of the molecule is CCOC(=O)c1sc(N2N=C(c3ccc(Cl)cc3Cl)CC2c2ccccc2)nc1C. The van der Waals surface area contributed by atoms with Gasteiger partial charge in [0.25, 0.3) is 0 Å². The predicted molar refractivity (Wildman–Crippen MR) is 122 cm³/mol. The molecule has 5 nitrogen and oxygen atoms in total. The van der Waals surface area contributed by atoms with Gasteiger partial charge in [-0.25, -0.2) is 14.8 Å². The molecule has 0 saturated heterocycles. The number of carbonyl (C=O) groups is 1. The molecule has 1 unspecified atom stereocenters. The lowest BCUT2D eigenvalue weighted by atomic mass is 9.98. The quantitative estimate of drug-likeness (QED) is 0.420. The van der Waals surface area contributed by atoms with Crippen LogP contribution in [0.3, 0.4) is 0 Å². The molecule has 1 aliphatic rings. The highest BCUT2D eigenvalue weighted by Crippen LogP contribution is 2.40. The van der Waals surface area contributed by atoms with Crippen LogP contribution < -0.4 is 5.01 Å². The molecule has 0 spiro atoms. The van der Waals surface area contributed by atoms with Crippen molar-refractivity contribution in [2.45, 2.75) is 26.3 Å². The average molecular weight is 460 g/mol. The first-order valence-corrected chi connectivity index (χ1v) is 11.1. The van der Waals surface area contributed by atoms with E-state index in [1.54, 1.807) is 26.0 Å². The van der Waals surface area contributed by atoms with E-state index in [2.05, 4.69) is 17.1 Å². The summed E-state index contributed by atoms with van der Waals surface area (Å²) in [7, 11) is 0. The summed E-state index contributed by atoms with van der Waals surface area (Å²) < 4.78 is 5.16. The van der Waals surface area contributed by atoms with Crippen molar-refractivity contribution >= 4 is 51.4 Å². The normalized spacial score (nSPS) is 15.9. The largest absolute Gasteiger partial charge is 0.462 e. The Kier molecular flexibility index (Phi) is 6.09. The summed E-state index contributed by atoms with van der Waals surface area (Å²) in [4.78, 5) is 17.4. The number of hydrogen-bond acceptors (Lipinski definition) is 6. The number of nitrogens with zero attached hydrogens (tertiary/aromatic N) is 3. The molecule has 1 aliphatic heterocycles. The van der Waals surface area contributed by atoms with Crippen molar-refractivity contribution in [3.05, 3.63) is 80.3 Å². The van der Waals surface area contributed by atoms with E-state index in [4.69, 9.17) is 33.0 Å². The second-order valence-electron chi connectivity index (χ2n) is 6.78. The molecule has 0 N–H and O–H groups in total. The van der Waals surface area contributed by atoms with Crippen molar-refractivity contribution in [3.63, 3.8) is 0 Å². The minimum absolute atomic E-state index is 0.0615. The van der Waals surface area contributed by atoms with Crippen molar-refractivity contribution in [2.75, 3.05) is 11.6 Å². The number of thiazole rings is 1. The van der Waals surface area contributed by atoms with Crippen LogP contribution in [0.2, 0.25) is 10.0 Å². The van der Waals surface area contributed by atoms with Gasteiger partial charge in [0.2, 0.25) is 5.13 Å². The fourth-order valence-electron chi connectivity index (χ4n) is 3.37. The third kappa shape index (κ3) is 4.08. The predicted octanol–water partition coefficient (Wildman–Crippen LogP) is 6.29. The van der Waals surface area contributed by atoms with Gasteiger partial charge >= 0.3 is 5.97 Å². The zero-order chi connectivity index (χ0) is 21.3. The highest BCUT2D eigenvalue weighted by Gasteiger charge is 2.33. The van der Waals surface area contributed by atoms with Crippen molar-refractivity contribution in [1.82, 2.24) is 4.98 Å². The molecule has 2 heterocycles. The van der Waals surface area contributed by atoms with E-state index in [-0.39, 0.29) is 12.0 Å². The highest BCUT2D eigenvalue weighted by molar-refractivity contribution is 7.17. The molecule has 4 rings (SSSR count). The summed E-state index contributed by atoms with van der Waals surface area (Å²) in [6.45, 7) is 3.91. The van der Waals surface area contributed by atoms with Gasteiger partial charge in [0, 0.05) is 17.0 Å². The second-order valence-corrected chi connectivity index (χ2v) is 8.60. The molecule has 3 aromatic rings. The van der Waals surface area contributed by atoms with Gasteiger partial charge in [0.15, 0.2) is 0 Å². The van der Waals surface area contributed by atoms with Gasteiger partial charge in [-0.15, -0.1) is 0 Å². The topological polar surface area (TPSA) is 54.8 Å². The summed E-state index contributed by atoms with van der Waals surface area (Å²) in [5, 5.41) is 8.50. The van der Waals surface area contributed by atoms with Crippen LogP contribution in [0.25, 0.3) is 0 Å². The summed E-state index contributed by atoms with van der Waals surface area (Å²) in [6.07, 6.45) is 0.652. The van der Waals surface area contributed by atoms with E-state index >= 15 is 0 Å². The zero-order valence-electron chi connectivity index (χ0n) is 16.4. The number of esters is 1. The Morgan fingerprint density at radius 2 is 2.00 bits per heavy atom. The van der Waals surface area contributed by atoms with Crippen molar-refractivity contribution in [1.29, 1.82) is 0 Å². The van der Waals surface area contributed by atoms with Crippen LogP contribution in [-0.4, -0.2) is 23.3 Å². The minimum atomic E-state index is -0.362. The number of rotatable bonds is 5. The van der Waals surface area contributed by atoms with Gasteiger partial charge in [0.05, 0.1) is 29.1 Å². The number of anilines is 1. The van der Waals surface area contributed by atoms with Crippen LogP contribution >= 0.6 is 34.5 Å². The van der Waals surface area contributed by atoms with Crippen LogP contribution in [0.1, 0.15) is 45.9 Å². The van der Waals surface area contributed by atoms with E-state index in [0.717, 1.165) is 16.8 Å². The summed E-state index contributed by atoms with van der Waals surface area (Å²) >= 11 is 13.8. The maximum absolute atomic E-state index is 12.3. The van der Waals surface area contributed by atoms with Crippen LogP contribution in [0.15, 0.2) is 53.6 Å². The number of carbonyl (C=O) groups excluding carboxylic acids is 1. The van der Waals surface area contributed by atoms with E-state index in [9.17, 15) is 4.79 Å². The van der Waals surface area contributed by atoms with Crippen molar-refractivity contribution in [3.8, 4) is 0 Å². The molecule has 2 aromatic carbocycles. The first-order valence-electron chi connectivity index (χ1n) is 9.49. The monoisotopic (exact) mass is 459 g/mol. The molecule has 0 fully saturated rings. The third-order valence-corrected chi connectivity index (χ3v) is 6.45. The summed E-state index contributed by atoms with van der Waals surface area (Å²) in [5.41, 5.74) is 3.42. The lowest BCUT2D eigenvalue weighted by molar-refractivity contribution is 0.0531. The first kappa shape index (κ1) is 20.8. The van der Waals surface area contributed by atoms with Crippen molar-refractivity contribution < 1.29 is 9.53 Å². The van der Waals surface area contributed by atoms with E-state index in [0.29, 0.717) is 38.8 Å². The highest BCUT2D eigenvalue weighted by atomic mass is 35.5. The van der Waals surface area contributed by atoms with Crippen LogP contribution in [-0.2, 0) is 4.74 Å². The molecule has 1 atom stereocenters. The van der Waals surface area contributed by atoms with Crippen molar-refractivity contribution in [2.24, 2.45) is 5.10 Å². The molecular weight excluding hydrogens is 441 g/mol. The number of aromatic nitrogens is 1. The minimum Gasteiger partial charge on any atom is -0.462 e. The Labute approximate surface area is 188 Å². The molecule has 154 valence electrons. The molecular formula is C22H19Cl2N3O2S. The standard InChI is InChI=1S/C22H19Cl2N3O2S/c1-3-29-21(28)20-13(2)25-22(30-20)27-19(14-7-5-4-6-8-14)12-18(26-27)16-10-9-15(23)11-17(16)24/h4-11,19H,3,12H2,1-2H3. The Balaban J connectivity index is 1.76. The Morgan fingerprint density at radius 1 is 1.23 bits per heavy atom. The van der Waals surface area contributed by atoms with Gasteiger partial charge in [-0.1, -0.05) is 70.9 Å². The van der Waals surface area contributed by atoms with Gasteiger partial charge in [-0.05, 0) is 31.5 Å². The van der Waals surface area contributed by atoms with Gasteiger partial charge in [0.1, 0.15) is 4.88 Å². The van der Waals surface area contributed by atoms with E-state index < -0.39 is 0 Å². The molecule has 0 bridgehead atoms. The number of ether oxygens (including phenoxy) is 1. The summed E-state index contributed by atoms with van der Waals surface area (Å²) in [5.74, 6) is -0.362. The first-order chi connectivity index (χ1) is 14.5. The molecule has 8 heteroatoms. The number of benzene rings is 2. The fourth-order valence-corrected chi connectivity index (χ4v) is 4.85. The van der Waals surface area contributed by atoms with E-state index in [1.165, 1.54) is 11.3 Å². The Bertz CT molecular complexity index is 1110. The smallest absolute Gasteiger partial charge is 0.350 e. The average Bonchev–Trinajstić information content (AvgIpc) is 3.33. The van der Waals surface area contributed by atoms with Crippen LogP contribution in [0, 0.1) is 6.92 Å². The zero-order valence-corrected chi connectivity index (χ0v) is 18.8. The maximum atomic E-state index is 12.3. The van der Waals surface area contributed by atoms with Gasteiger partial charge in [-0.2, -0.15) is 5.10 Å². The molecule has 0 aliphatic carbocycles. The number of hydrazone groups is 1. The Hall–Kier alpha value is -2.41. The third-order valence-electron chi connectivity index (χ3n) is 4.78. The lowest BCUT2D eigenvalue weighted by Crippen LogP contribution is -2.18. The number of aryl methyl sites for hydroxylation is 1. The maximum Gasteiger partial charge on any atom is 0.350 e. The molecule has 0 amide bonds. The van der Waals surface area contributed by atoms with Crippen LogP contribution in [0.4, 0.5) is 5.13 Å². The van der Waals surface area contributed by atoms with Gasteiger partial charge in [-0.3, -0.25) is 0 Å². The van der Waals surface area contributed by atoms with E-state index in [1.807, 2.05) is 29.3 Å². The molecule has 0 saturated carbocycles. The number of hydrogen-bond donors (Lipinski definition) is 0. The Morgan fingerprint density at radius 3 is 2.70 bits per heavy atom. The van der Waals surface area contributed by atoms with Gasteiger partial charge < -0.3 is 4.74 Å². The molecule has 30 heavy (non-hydrogen) atoms. The molecule has 1 aromatic heterocycles. The van der Waals surface area contributed by atoms with Crippen LogP contribution in [0.5, 0.6) is 0 Å². The summed E-state index contributed by atoms with van der Waals surface area (Å²) in [6, 6.07) is 15.4. The second kappa shape index (κ2) is 8.76. The molecule has 0 radical (unpaired) electrons. The lowest BCUT2D eigenvalue weighted by Gasteiger charge is -2.21.